The number of esters is 1. The maximum atomic E-state index is 12.3. The summed E-state index contributed by atoms with van der Waals surface area (Å²) in [7, 11) is 0. The van der Waals surface area contributed by atoms with Gasteiger partial charge in [-0.2, -0.15) is 5.26 Å². The Morgan fingerprint density at radius 3 is 2.79 bits per heavy atom. The predicted molar refractivity (Wildman–Crippen MR) is 112 cm³/mol. The van der Waals surface area contributed by atoms with Gasteiger partial charge in [0.1, 0.15) is 22.5 Å². The fourth-order valence-electron chi connectivity index (χ4n) is 3.55. The van der Waals surface area contributed by atoms with Crippen molar-refractivity contribution in [3.8, 4) is 6.07 Å². The molecule has 0 radical (unpaired) electrons. The third kappa shape index (κ3) is 4.25. The molecule has 0 aliphatic carbocycles. The van der Waals surface area contributed by atoms with Crippen molar-refractivity contribution in [2.45, 2.75) is 20.4 Å². The second kappa shape index (κ2) is 8.82. The molecule has 0 saturated carbocycles. The van der Waals surface area contributed by atoms with Crippen molar-refractivity contribution < 1.29 is 14.4 Å². The number of thiophene rings is 1. The molecule has 0 atom stereocenters. The summed E-state index contributed by atoms with van der Waals surface area (Å²) >= 11 is 7.31. The largest absolute Gasteiger partial charge is 0.462 e. The molecule has 2 heterocycles. The van der Waals surface area contributed by atoms with Crippen molar-refractivity contribution in [2.24, 2.45) is 0 Å². The summed E-state index contributed by atoms with van der Waals surface area (Å²) < 4.78 is 5.15. The van der Waals surface area contributed by atoms with Gasteiger partial charge in [0.15, 0.2) is 0 Å². The van der Waals surface area contributed by atoms with E-state index in [2.05, 4.69) is 17.9 Å². The zero-order valence-electron chi connectivity index (χ0n) is 16.0. The van der Waals surface area contributed by atoms with E-state index in [0.717, 1.165) is 48.2 Å². The summed E-state index contributed by atoms with van der Waals surface area (Å²) in [5.74, 6) is -0.400. The molecule has 1 fully saturated rings. The molecule has 1 saturated heterocycles. The summed E-state index contributed by atoms with van der Waals surface area (Å²) in [5, 5.41) is 10.6. The van der Waals surface area contributed by atoms with Crippen molar-refractivity contribution in [1.82, 2.24) is 0 Å². The van der Waals surface area contributed by atoms with Gasteiger partial charge in [-0.25, -0.2) is 4.79 Å². The van der Waals surface area contributed by atoms with E-state index in [-0.39, 0.29) is 0 Å². The summed E-state index contributed by atoms with van der Waals surface area (Å²) in [5.41, 5.74) is 9.47. The van der Waals surface area contributed by atoms with Crippen LogP contribution in [-0.4, -0.2) is 38.8 Å². The second-order valence-electron chi connectivity index (χ2n) is 6.83. The van der Waals surface area contributed by atoms with Crippen molar-refractivity contribution in [3.05, 3.63) is 44.8 Å². The lowest BCUT2D eigenvalue weighted by atomic mass is 10.1. The molecule has 3 rings (SSSR count). The van der Waals surface area contributed by atoms with E-state index in [1.807, 2.05) is 18.2 Å². The fraction of sp³-hybridized carbons (Fsp3) is 0.400. The van der Waals surface area contributed by atoms with E-state index < -0.39 is 5.97 Å². The number of rotatable bonds is 5. The molecule has 1 aliphatic rings. The Labute approximate surface area is 174 Å². The van der Waals surface area contributed by atoms with Crippen LogP contribution < -0.4 is 15.5 Å². The number of ether oxygens (including phenoxy) is 1. The average molecular weight is 420 g/mol. The molecule has 6 nitrogen and oxygen atoms in total. The van der Waals surface area contributed by atoms with Gasteiger partial charge < -0.3 is 20.3 Å². The van der Waals surface area contributed by atoms with E-state index in [0.29, 0.717) is 34.2 Å². The van der Waals surface area contributed by atoms with Crippen molar-refractivity contribution in [3.63, 3.8) is 0 Å². The number of benzene rings is 1. The summed E-state index contributed by atoms with van der Waals surface area (Å²) in [6.45, 7) is 8.30. The number of quaternary nitrogens is 1. The van der Waals surface area contributed by atoms with Crippen LogP contribution in [0.4, 0.5) is 10.7 Å². The molecule has 0 amide bonds. The van der Waals surface area contributed by atoms with Crippen molar-refractivity contribution >= 4 is 39.6 Å². The van der Waals surface area contributed by atoms with Crippen LogP contribution in [0.1, 0.15) is 33.3 Å². The molecule has 1 aromatic heterocycles. The second-order valence-corrected chi connectivity index (χ2v) is 8.31. The van der Waals surface area contributed by atoms with Gasteiger partial charge in [-0.15, -0.1) is 11.3 Å². The molecule has 0 bridgehead atoms. The van der Waals surface area contributed by atoms with E-state index in [1.165, 1.54) is 10.5 Å². The molecular formula is C20H24ClN4O2S+. The first kappa shape index (κ1) is 20.5. The van der Waals surface area contributed by atoms with Gasteiger partial charge in [-0.1, -0.05) is 17.7 Å². The van der Waals surface area contributed by atoms with Crippen LogP contribution in [0.3, 0.4) is 0 Å². The highest BCUT2D eigenvalue weighted by atomic mass is 35.5. The Hall–Kier alpha value is -2.27. The average Bonchev–Trinajstić information content (AvgIpc) is 3.00. The van der Waals surface area contributed by atoms with E-state index in [4.69, 9.17) is 22.1 Å². The minimum atomic E-state index is -0.400. The maximum absolute atomic E-state index is 12.3. The molecule has 148 valence electrons. The number of halogens is 1. The Morgan fingerprint density at radius 2 is 2.14 bits per heavy atom. The normalized spacial score (nSPS) is 14.7. The number of nitrogens with one attached hydrogen (secondary N) is 1. The zero-order chi connectivity index (χ0) is 20.3. The summed E-state index contributed by atoms with van der Waals surface area (Å²) in [4.78, 5) is 16.4. The number of nitrogen functional groups attached to an aromatic ring is 1. The quantitative estimate of drug-likeness (QED) is 0.726. The third-order valence-electron chi connectivity index (χ3n) is 5.02. The molecule has 1 aliphatic heterocycles. The van der Waals surface area contributed by atoms with Crippen LogP contribution in [0.15, 0.2) is 18.2 Å². The molecule has 0 unspecified atom stereocenters. The van der Waals surface area contributed by atoms with Gasteiger partial charge in [0, 0.05) is 10.7 Å². The van der Waals surface area contributed by atoms with E-state index in [1.54, 1.807) is 6.92 Å². The van der Waals surface area contributed by atoms with Crippen LogP contribution in [0, 0.1) is 18.3 Å². The lowest BCUT2D eigenvalue weighted by Crippen LogP contribution is -3.13. The lowest BCUT2D eigenvalue weighted by molar-refractivity contribution is -0.914. The van der Waals surface area contributed by atoms with E-state index >= 15 is 0 Å². The number of aryl methyl sites for hydroxylation is 1. The van der Waals surface area contributed by atoms with Gasteiger partial charge in [0.05, 0.1) is 43.9 Å². The molecule has 0 spiro atoms. The number of nitrogens with zero attached hydrogens (tertiary/aromatic N) is 2. The smallest absolute Gasteiger partial charge is 0.348 e. The lowest BCUT2D eigenvalue weighted by Gasteiger charge is -2.34. The number of piperazine rings is 1. The minimum absolute atomic E-state index is 0.294. The van der Waals surface area contributed by atoms with E-state index in [9.17, 15) is 10.1 Å². The number of nitriles is 1. The highest BCUT2D eigenvalue weighted by Gasteiger charge is 2.28. The Morgan fingerprint density at radius 1 is 1.43 bits per heavy atom. The predicted octanol–water partition coefficient (Wildman–Crippen LogP) is 2.25. The van der Waals surface area contributed by atoms with Crippen LogP contribution in [-0.2, 0) is 11.3 Å². The monoisotopic (exact) mass is 419 g/mol. The third-order valence-corrected chi connectivity index (χ3v) is 6.29. The molecule has 3 N–H and O–H groups in total. The number of hydrogen-bond donors (Lipinski definition) is 2. The van der Waals surface area contributed by atoms with Gasteiger partial charge in [-0.05, 0) is 31.5 Å². The number of anilines is 2. The highest BCUT2D eigenvalue weighted by molar-refractivity contribution is 7.18. The Kier molecular flexibility index (Phi) is 6.45. The number of hydrogen-bond acceptors (Lipinski definition) is 6. The highest BCUT2D eigenvalue weighted by Crippen LogP contribution is 2.31. The van der Waals surface area contributed by atoms with Gasteiger partial charge in [-0.3, -0.25) is 0 Å². The first-order valence-corrected chi connectivity index (χ1v) is 10.5. The first-order valence-electron chi connectivity index (χ1n) is 9.27. The summed E-state index contributed by atoms with van der Waals surface area (Å²) in [6, 6.07) is 8.11. The zero-order valence-corrected chi connectivity index (χ0v) is 17.6. The molecule has 1 aromatic carbocycles. The van der Waals surface area contributed by atoms with Gasteiger partial charge in [0.2, 0.25) is 0 Å². The fourth-order valence-corrected chi connectivity index (χ4v) is 4.65. The SMILES string of the molecule is CCOC(=O)c1sc(N)c(C#N)c1C[NH+]1CCN(c2cc(Cl)ccc2C)CC1. The number of nitrogens with two attached hydrogens (primary N) is 1. The Balaban J connectivity index is 1.74. The molecule has 28 heavy (non-hydrogen) atoms. The van der Waals surface area contributed by atoms with Crippen LogP contribution in [0.25, 0.3) is 0 Å². The van der Waals surface area contributed by atoms with Crippen molar-refractivity contribution in [2.75, 3.05) is 43.4 Å². The number of carbonyl (C=O) groups excluding carboxylic acids is 1. The maximum Gasteiger partial charge on any atom is 0.348 e. The van der Waals surface area contributed by atoms with Crippen LogP contribution >= 0.6 is 22.9 Å². The van der Waals surface area contributed by atoms with Gasteiger partial charge in [0.25, 0.3) is 0 Å². The Bertz CT molecular complexity index is 914. The molecule has 8 heteroatoms. The minimum Gasteiger partial charge on any atom is -0.462 e. The van der Waals surface area contributed by atoms with Crippen LogP contribution in [0.5, 0.6) is 0 Å². The molecule has 2 aromatic rings. The van der Waals surface area contributed by atoms with Crippen molar-refractivity contribution in [1.29, 1.82) is 5.26 Å². The first-order chi connectivity index (χ1) is 13.4. The summed E-state index contributed by atoms with van der Waals surface area (Å²) in [6.07, 6.45) is 0. The van der Waals surface area contributed by atoms with Crippen LogP contribution in [0.2, 0.25) is 5.02 Å². The number of carbonyl (C=O) groups is 1. The van der Waals surface area contributed by atoms with Gasteiger partial charge >= 0.3 is 5.97 Å². The standard InChI is InChI=1S/C20H23ClN4O2S/c1-3-27-20(26)18-16(15(11-22)19(23)28-18)12-24-6-8-25(9-7-24)17-10-14(21)5-4-13(17)2/h4-5,10H,3,6-9,12,23H2,1-2H3/p+1. The topological polar surface area (TPSA) is 83.8 Å². The molecular weight excluding hydrogens is 396 g/mol.